The minimum absolute atomic E-state index is 0.176. The Labute approximate surface area is 187 Å². The molecule has 0 radical (unpaired) electrons. The number of fused-ring (bicyclic) bond motifs is 1. The normalized spacial score (nSPS) is 11.2. The van der Waals surface area contributed by atoms with Gasteiger partial charge in [0.25, 0.3) is 5.91 Å². The SMILES string of the molecule is O=C(CSc1nnc(SCc2ccccc2)s1)N/N=C/c1cccc2ccccc12. The van der Waals surface area contributed by atoms with Crippen molar-refractivity contribution in [3.8, 4) is 0 Å². The number of rotatable bonds is 8. The Morgan fingerprint density at radius 2 is 1.67 bits per heavy atom. The van der Waals surface area contributed by atoms with Crippen LogP contribution in [0.2, 0.25) is 0 Å². The number of carbonyl (C=O) groups excluding carboxylic acids is 1. The zero-order valence-corrected chi connectivity index (χ0v) is 18.3. The first kappa shape index (κ1) is 20.6. The molecule has 0 saturated heterocycles. The molecule has 0 atom stereocenters. The first-order chi connectivity index (χ1) is 14.8. The summed E-state index contributed by atoms with van der Waals surface area (Å²) in [6, 6.07) is 24.3. The molecule has 1 amide bonds. The molecule has 8 heteroatoms. The van der Waals surface area contributed by atoms with Crippen LogP contribution in [0.3, 0.4) is 0 Å². The van der Waals surface area contributed by atoms with Crippen LogP contribution in [0.4, 0.5) is 0 Å². The zero-order valence-electron chi connectivity index (χ0n) is 15.9. The Bertz CT molecular complexity index is 1160. The maximum Gasteiger partial charge on any atom is 0.250 e. The molecular formula is C22H18N4OS3. The molecule has 1 aromatic heterocycles. The summed E-state index contributed by atoms with van der Waals surface area (Å²) in [7, 11) is 0. The molecule has 0 saturated carbocycles. The van der Waals surface area contributed by atoms with Crippen molar-refractivity contribution in [1.82, 2.24) is 15.6 Å². The van der Waals surface area contributed by atoms with Gasteiger partial charge in [-0.2, -0.15) is 5.10 Å². The molecule has 150 valence electrons. The lowest BCUT2D eigenvalue weighted by molar-refractivity contribution is -0.118. The van der Waals surface area contributed by atoms with E-state index in [2.05, 4.69) is 45.0 Å². The fourth-order valence-electron chi connectivity index (χ4n) is 2.73. The largest absolute Gasteiger partial charge is 0.272 e. The molecule has 0 aliphatic rings. The van der Waals surface area contributed by atoms with Gasteiger partial charge in [0, 0.05) is 11.3 Å². The number of hydrazone groups is 1. The fourth-order valence-corrected chi connectivity index (χ4v) is 5.50. The van der Waals surface area contributed by atoms with E-state index in [1.807, 2.05) is 48.5 Å². The average Bonchev–Trinajstić information content (AvgIpc) is 3.25. The molecule has 5 nitrogen and oxygen atoms in total. The van der Waals surface area contributed by atoms with E-state index in [1.54, 1.807) is 18.0 Å². The highest BCUT2D eigenvalue weighted by Gasteiger charge is 2.08. The maximum absolute atomic E-state index is 12.1. The van der Waals surface area contributed by atoms with E-state index in [1.165, 1.54) is 28.7 Å². The first-order valence-electron chi connectivity index (χ1n) is 9.20. The number of amides is 1. The smallest absolute Gasteiger partial charge is 0.250 e. The number of carbonyl (C=O) groups is 1. The van der Waals surface area contributed by atoms with E-state index in [9.17, 15) is 4.79 Å². The molecule has 3 aromatic carbocycles. The number of hydrogen-bond donors (Lipinski definition) is 1. The Morgan fingerprint density at radius 3 is 2.53 bits per heavy atom. The van der Waals surface area contributed by atoms with Crippen molar-refractivity contribution in [3.05, 3.63) is 83.9 Å². The van der Waals surface area contributed by atoms with Crippen molar-refractivity contribution in [2.75, 3.05) is 5.75 Å². The molecule has 1 N–H and O–H groups in total. The number of nitrogens with zero attached hydrogens (tertiary/aromatic N) is 3. The Morgan fingerprint density at radius 1 is 0.933 bits per heavy atom. The van der Waals surface area contributed by atoms with Gasteiger partial charge in [-0.15, -0.1) is 10.2 Å². The van der Waals surface area contributed by atoms with E-state index in [-0.39, 0.29) is 11.7 Å². The fraction of sp³-hybridized carbons (Fsp3) is 0.0909. The van der Waals surface area contributed by atoms with Crippen LogP contribution in [0, 0.1) is 0 Å². The van der Waals surface area contributed by atoms with Crippen LogP contribution in [0.5, 0.6) is 0 Å². The number of hydrogen-bond acceptors (Lipinski definition) is 7. The standard InChI is InChI=1S/C22H18N4OS3/c27-20(24-23-13-18-11-6-10-17-9-4-5-12-19(17)18)15-29-22-26-25-21(30-22)28-14-16-7-2-1-3-8-16/h1-13H,14-15H2,(H,24,27)/b23-13+. The van der Waals surface area contributed by atoms with Crippen LogP contribution in [-0.2, 0) is 10.5 Å². The summed E-state index contributed by atoms with van der Waals surface area (Å²) >= 11 is 4.52. The summed E-state index contributed by atoms with van der Waals surface area (Å²) in [6.07, 6.45) is 1.67. The lowest BCUT2D eigenvalue weighted by atomic mass is 10.1. The molecule has 1 heterocycles. The molecule has 0 bridgehead atoms. The van der Waals surface area contributed by atoms with Gasteiger partial charge < -0.3 is 0 Å². The molecular weight excluding hydrogens is 432 g/mol. The molecule has 4 aromatic rings. The van der Waals surface area contributed by atoms with E-state index >= 15 is 0 Å². The summed E-state index contributed by atoms with van der Waals surface area (Å²) in [5, 5.41) is 14.7. The maximum atomic E-state index is 12.1. The second-order valence-corrected chi connectivity index (χ2v) is 9.68. The van der Waals surface area contributed by atoms with E-state index in [0.717, 1.165) is 30.8 Å². The van der Waals surface area contributed by atoms with Gasteiger partial charge in [-0.1, -0.05) is 108 Å². The highest BCUT2D eigenvalue weighted by Crippen LogP contribution is 2.30. The van der Waals surface area contributed by atoms with Gasteiger partial charge in [-0.25, -0.2) is 5.43 Å². The zero-order chi connectivity index (χ0) is 20.6. The topological polar surface area (TPSA) is 67.2 Å². The van der Waals surface area contributed by atoms with Gasteiger partial charge in [0.1, 0.15) is 0 Å². The summed E-state index contributed by atoms with van der Waals surface area (Å²) in [5.41, 5.74) is 4.79. The molecule has 0 unspecified atom stereocenters. The lowest BCUT2D eigenvalue weighted by Gasteiger charge is -2.01. The number of nitrogens with one attached hydrogen (secondary N) is 1. The molecule has 0 fully saturated rings. The second kappa shape index (κ2) is 10.4. The minimum atomic E-state index is -0.176. The average molecular weight is 451 g/mol. The van der Waals surface area contributed by atoms with Crippen molar-refractivity contribution >= 4 is 57.8 Å². The van der Waals surface area contributed by atoms with Crippen molar-refractivity contribution in [2.45, 2.75) is 14.4 Å². The van der Waals surface area contributed by atoms with Crippen LogP contribution in [0.25, 0.3) is 10.8 Å². The van der Waals surface area contributed by atoms with Crippen LogP contribution >= 0.6 is 34.9 Å². The predicted octanol–water partition coefficient (Wildman–Crippen LogP) is 5.23. The van der Waals surface area contributed by atoms with Crippen molar-refractivity contribution < 1.29 is 4.79 Å². The van der Waals surface area contributed by atoms with Gasteiger partial charge in [0.05, 0.1) is 12.0 Å². The Hall–Kier alpha value is -2.68. The number of benzene rings is 3. The Kier molecular flexibility index (Phi) is 7.12. The molecule has 0 aliphatic heterocycles. The van der Waals surface area contributed by atoms with Crippen LogP contribution in [-0.4, -0.2) is 28.1 Å². The van der Waals surface area contributed by atoms with Crippen LogP contribution in [0.1, 0.15) is 11.1 Å². The molecule has 0 aliphatic carbocycles. The molecule has 30 heavy (non-hydrogen) atoms. The predicted molar refractivity (Wildman–Crippen MR) is 126 cm³/mol. The third-order valence-electron chi connectivity index (χ3n) is 4.14. The monoisotopic (exact) mass is 450 g/mol. The Balaban J connectivity index is 1.25. The van der Waals surface area contributed by atoms with Crippen molar-refractivity contribution in [3.63, 3.8) is 0 Å². The van der Waals surface area contributed by atoms with Crippen LogP contribution in [0.15, 0.2) is 86.6 Å². The first-order valence-corrected chi connectivity index (χ1v) is 12.0. The van der Waals surface area contributed by atoms with Gasteiger partial charge >= 0.3 is 0 Å². The van der Waals surface area contributed by atoms with E-state index in [4.69, 9.17) is 0 Å². The third-order valence-corrected chi connectivity index (χ3v) is 7.40. The van der Waals surface area contributed by atoms with Gasteiger partial charge in [-0.05, 0) is 16.3 Å². The summed E-state index contributed by atoms with van der Waals surface area (Å²) in [4.78, 5) is 12.1. The highest BCUT2D eigenvalue weighted by atomic mass is 32.2. The summed E-state index contributed by atoms with van der Waals surface area (Å²) < 4.78 is 1.68. The van der Waals surface area contributed by atoms with Crippen molar-refractivity contribution in [2.24, 2.45) is 5.10 Å². The third kappa shape index (κ3) is 5.69. The summed E-state index contributed by atoms with van der Waals surface area (Å²) in [5.74, 6) is 0.916. The molecule has 0 spiro atoms. The van der Waals surface area contributed by atoms with Gasteiger partial charge in [0.15, 0.2) is 8.68 Å². The minimum Gasteiger partial charge on any atom is -0.272 e. The highest BCUT2D eigenvalue weighted by molar-refractivity contribution is 8.03. The molecule has 4 rings (SSSR count). The summed E-state index contributed by atoms with van der Waals surface area (Å²) in [6.45, 7) is 0. The van der Waals surface area contributed by atoms with Gasteiger partial charge in [-0.3, -0.25) is 4.79 Å². The van der Waals surface area contributed by atoms with Crippen LogP contribution < -0.4 is 5.43 Å². The quantitative estimate of drug-likeness (QED) is 0.226. The van der Waals surface area contributed by atoms with E-state index in [0.29, 0.717) is 0 Å². The van der Waals surface area contributed by atoms with Crippen molar-refractivity contribution in [1.29, 1.82) is 0 Å². The van der Waals surface area contributed by atoms with Gasteiger partial charge in [0.2, 0.25) is 0 Å². The lowest BCUT2D eigenvalue weighted by Crippen LogP contribution is -2.19. The number of aromatic nitrogens is 2. The second-order valence-electron chi connectivity index (χ2n) is 6.26. The van der Waals surface area contributed by atoms with E-state index < -0.39 is 0 Å². The number of thioether (sulfide) groups is 2.